The fourth-order valence-electron chi connectivity index (χ4n) is 3.99. The molecule has 0 fully saturated rings. The minimum absolute atomic E-state index is 0.0261. The molecular formula is C28H31NO4S2. The van der Waals surface area contributed by atoms with Crippen molar-refractivity contribution in [2.24, 2.45) is 5.92 Å². The van der Waals surface area contributed by atoms with Gasteiger partial charge in [0.25, 0.3) is 5.91 Å². The molecule has 184 valence electrons. The van der Waals surface area contributed by atoms with Crippen molar-refractivity contribution in [3.63, 3.8) is 0 Å². The Hall–Kier alpha value is -2.74. The van der Waals surface area contributed by atoms with E-state index >= 15 is 0 Å². The molecule has 3 aromatic carbocycles. The van der Waals surface area contributed by atoms with Gasteiger partial charge >= 0.3 is 5.97 Å². The second-order valence-electron chi connectivity index (χ2n) is 8.39. The predicted molar refractivity (Wildman–Crippen MR) is 146 cm³/mol. The van der Waals surface area contributed by atoms with E-state index < -0.39 is 17.9 Å². The number of carbonyl (C=O) groups is 2. The number of carboxylic acids is 1. The number of benzene rings is 3. The SMILES string of the molecule is CSCC[C@H](NC(=O)c1ccc(C(S)C(CO)Cc2ccccc2)cc1-c1ccccc1)C(=O)O. The molecule has 7 heteroatoms. The molecular weight excluding hydrogens is 478 g/mol. The lowest BCUT2D eigenvalue weighted by atomic mass is 9.89. The van der Waals surface area contributed by atoms with Gasteiger partial charge in [-0.15, -0.1) is 0 Å². The minimum atomic E-state index is -1.05. The summed E-state index contributed by atoms with van der Waals surface area (Å²) in [6, 6.07) is 24.0. The molecule has 0 saturated carbocycles. The van der Waals surface area contributed by atoms with Crippen molar-refractivity contribution in [3.05, 3.63) is 95.6 Å². The summed E-state index contributed by atoms with van der Waals surface area (Å²) in [5, 5.41) is 22.1. The topological polar surface area (TPSA) is 86.6 Å². The Balaban J connectivity index is 1.93. The maximum atomic E-state index is 13.2. The van der Waals surface area contributed by atoms with Crippen molar-refractivity contribution in [1.82, 2.24) is 5.32 Å². The molecule has 0 aromatic heterocycles. The summed E-state index contributed by atoms with van der Waals surface area (Å²) in [6.07, 6.45) is 2.92. The monoisotopic (exact) mass is 509 g/mol. The van der Waals surface area contributed by atoms with Gasteiger partial charge in [0.05, 0.1) is 0 Å². The van der Waals surface area contributed by atoms with Crippen molar-refractivity contribution in [2.75, 3.05) is 18.6 Å². The van der Waals surface area contributed by atoms with E-state index in [4.69, 9.17) is 12.6 Å². The third-order valence-electron chi connectivity index (χ3n) is 5.95. The summed E-state index contributed by atoms with van der Waals surface area (Å²) in [7, 11) is 0. The van der Waals surface area contributed by atoms with Crippen LogP contribution in [0.3, 0.4) is 0 Å². The van der Waals surface area contributed by atoms with Crippen molar-refractivity contribution in [1.29, 1.82) is 0 Å². The maximum absolute atomic E-state index is 13.2. The number of hydrogen-bond donors (Lipinski definition) is 4. The number of rotatable bonds is 12. The van der Waals surface area contributed by atoms with Crippen LogP contribution in [0.15, 0.2) is 78.9 Å². The Morgan fingerprint density at radius 1 is 1.00 bits per heavy atom. The molecule has 0 bridgehead atoms. The number of thiol groups is 1. The van der Waals surface area contributed by atoms with Gasteiger partial charge in [-0.25, -0.2) is 4.79 Å². The highest BCUT2D eigenvalue weighted by Crippen LogP contribution is 2.35. The number of thioether (sulfide) groups is 1. The van der Waals surface area contributed by atoms with E-state index in [-0.39, 0.29) is 17.8 Å². The van der Waals surface area contributed by atoms with Crippen LogP contribution in [0.25, 0.3) is 11.1 Å². The third kappa shape index (κ3) is 7.37. The van der Waals surface area contributed by atoms with Gasteiger partial charge in [0.1, 0.15) is 6.04 Å². The van der Waals surface area contributed by atoms with E-state index in [0.717, 1.165) is 16.7 Å². The fourth-order valence-corrected chi connectivity index (χ4v) is 4.83. The highest BCUT2D eigenvalue weighted by Gasteiger charge is 2.25. The van der Waals surface area contributed by atoms with Gasteiger partial charge in [-0.2, -0.15) is 24.4 Å². The molecule has 3 rings (SSSR count). The minimum Gasteiger partial charge on any atom is -0.480 e. The second-order valence-corrected chi connectivity index (χ2v) is 9.94. The first-order chi connectivity index (χ1) is 16.9. The Morgan fingerprint density at radius 3 is 2.26 bits per heavy atom. The Bertz CT molecular complexity index is 1110. The number of aliphatic hydroxyl groups excluding tert-OH is 1. The smallest absolute Gasteiger partial charge is 0.326 e. The third-order valence-corrected chi connectivity index (χ3v) is 7.31. The van der Waals surface area contributed by atoms with Crippen LogP contribution in [0.5, 0.6) is 0 Å². The van der Waals surface area contributed by atoms with Crippen molar-refractivity contribution in [3.8, 4) is 11.1 Å². The normalized spacial score (nSPS) is 13.6. The second kappa shape index (κ2) is 13.4. The molecule has 0 spiro atoms. The van der Waals surface area contributed by atoms with Gasteiger partial charge in [0.15, 0.2) is 0 Å². The number of carboxylic acid groups (broad SMARTS) is 1. The van der Waals surface area contributed by atoms with Crippen LogP contribution < -0.4 is 5.32 Å². The van der Waals surface area contributed by atoms with Crippen molar-refractivity contribution < 1.29 is 19.8 Å². The van der Waals surface area contributed by atoms with Crippen LogP contribution in [0.2, 0.25) is 0 Å². The van der Waals surface area contributed by atoms with E-state index in [9.17, 15) is 19.8 Å². The molecule has 3 atom stereocenters. The summed E-state index contributed by atoms with van der Waals surface area (Å²) in [4.78, 5) is 24.9. The Labute approximate surface area is 216 Å². The van der Waals surface area contributed by atoms with Gasteiger partial charge in [0, 0.05) is 23.3 Å². The van der Waals surface area contributed by atoms with Crippen LogP contribution >= 0.6 is 24.4 Å². The van der Waals surface area contributed by atoms with Crippen LogP contribution in [0.4, 0.5) is 0 Å². The molecule has 0 radical (unpaired) electrons. The van der Waals surface area contributed by atoms with E-state index in [0.29, 0.717) is 29.7 Å². The summed E-state index contributed by atoms with van der Waals surface area (Å²) < 4.78 is 0. The van der Waals surface area contributed by atoms with Crippen LogP contribution in [0.1, 0.15) is 33.2 Å². The number of carbonyl (C=O) groups excluding carboxylic acids is 1. The maximum Gasteiger partial charge on any atom is 0.326 e. The molecule has 0 heterocycles. The number of nitrogens with one attached hydrogen (secondary N) is 1. The van der Waals surface area contributed by atoms with Crippen LogP contribution in [-0.2, 0) is 11.2 Å². The van der Waals surface area contributed by atoms with Crippen molar-refractivity contribution in [2.45, 2.75) is 24.1 Å². The average molecular weight is 510 g/mol. The number of amides is 1. The van der Waals surface area contributed by atoms with Crippen LogP contribution in [0, 0.1) is 5.92 Å². The molecule has 1 amide bonds. The van der Waals surface area contributed by atoms with E-state index in [1.807, 2.05) is 79.1 Å². The van der Waals surface area contributed by atoms with Crippen LogP contribution in [-0.4, -0.2) is 46.7 Å². The first-order valence-corrected chi connectivity index (χ1v) is 13.4. The Morgan fingerprint density at radius 2 is 1.66 bits per heavy atom. The Kier molecular flexibility index (Phi) is 10.3. The number of hydrogen-bond acceptors (Lipinski definition) is 5. The molecule has 3 N–H and O–H groups in total. The van der Waals surface area contributed by atoms with E-state index in [1.165, 1.54) is 11.8 Å². The fraction of sp³-hybridized carbons (Fsp3) is 0.286. The summed E-state index contributed by atoms with van der Waals surface area (Å²) in [6.45, 7) is -0.0261. The molecule has 0 aliphatic carbocycles. The first-order valence-electron chi connectivity index (χ1n) is 11.5. The number of aliphatic hydroxyl groups is 1. The molecule has 0 saturated heterocycles. The zero-order valence-electron chi connectivity index (χ0n) is 19.6. The molecule has 0 aliphatic rings. The van der Waals surface area contributed by atoms with Gasteiger partial charge in [-0.3, -0.25) is 4.79 Å². The lowest BCUT2D eigenvalue weighted by Gasteiger charge is -2.23. The van der Waals surface area contributed by atoms with E-state index in [1.54, 1.807) is 6.07 Å². The number of aliphatic carboxylic acids is 1. The molecule has 2 unspecified atom stereocenters. The van der Waals surface area contributed by atoms with Gasteiger partial charge in [0.2, 0.25) is 0 Å². The molecule has 3 aromatic rings. The lowest BCUT2D eigenvalue weighted by Crippen LogP contribution is -2.41. The largest absolute Gasteiger partial charge is 0.480 e. The summed E-state index contributed by atoms with van der Waals surface area (Å²) in [5.74, 6) is -0.963. The van der Waals surface area contributed by atoms with Gasteiger partial charge in [-0.1, -0.05) is 66.7 Å². The summed E-state index contributed by atoms with van der Waals surface area (Å²) in [5.41, 5.74) is 3.95. The lowest BCUT2D eigenvalue weighted by molar-refractivity contribution is -0.139. The molecule has 5 nitrogen and oxygen atoms in total. The predicted octanol–water partition coefficient (Wildman–Crippen LogP) is 5.11. The molecule has 0 aliphatic heterocycles. The quantitative estimate of drug-likeness (QED) is 0.255. The van der Waals surface area contributed by atoms with Gasteiger partial charge < -0.3 is 15.5 Å². The summed E-state index contributed by atoms with van der Waals surface area (Å²) >= 11 is 6.39. The first kappa shape index (κ1) is 26.9. The van der Waals surface area contributed by atoms with E-state index in [2.05, 4.69) is 5.32 Å². The van der Waals surface area contributed by atoms with Crippen molar-refractivity contribution >= 4 is 36.3 Å². The highest BCUT2D eigenvalue weighted by atomic mass is 32.2. The molecule has 35 heavy (non-hydrogen) atoms. The zero-order valence-corrected chi connectivity index (χ0v) is 21.3. The average Bonchev–Trinajstić information content (AvgIpc) is 2.89. The zero-order chi connectivity index (χ0) is 25.2. The highest BCUT2D eigenvalue weighted by molar-refractivity contribution is 7.98. The van der Waals surface area contributed by atoms with Gasteiger partial charge in [-0.05, 0) is 59.2 Å². The standard InChI is InChI=1S/C28H31NO4S2/c1-35-15-14-25(28(32)33)29-27(31)23-13-12-21(17-24(23)20-10-6-3-7-11-20)26(34)22(18-30)16-19-8-4-2-5-9-19/h2-13,17,22,25-26,30,34H,14-16,18H2,1H3,(H,29,31)(H,32,33)/t22?,25-,26?/m0/s1.